The molecule has 2 unspecified atom stereocenters. The summed E-state index contributed by atoms with van der Waals surface area (Å²) in [4.78, 5) is 15.3. The number of nitrogens with zero attached hydrogens (tertiary/aromatic N) is 3. The van der Waals surface area contributed by atoms with Crippen molar-refractivity contribution in [2.24, 2.45) is 16.9 Å². The van der Waals surface area contributed by atoms with E-state index in [0.717, 1.165) is 35.4 Å². The number of methoxy groups -OCH3 is 1. The monoisotopic (exact) mass is 415 g/mol. The van der Waals surface area contributed by atoms with Gasteiger partial charge in [-0.15, -0.1) is 0 Å². The molecule has 2 aromatic rings. The maximum absolute atomic E-state index is 12.0. The Balaban J connectivity index is 1.57. The molecule has 0 bridgehead atoms. The highest BCUT2D eigenvalue weighted by Gasteiger charge is 2.45. The molecule has 1 fully saturated rings. The number of aromatic hydroxyl groups is 1. The average Bonchev–Trinajstić information content (AvgIpc) is 3.45. The number of hydrogen-bond acceptors (Lipinski definition) is 5. The molecule has 5 rings (SSSR count). The van der Waals surface area contributed by atoms with Crippen LogP contribution < -0.4 is 5.01 Å². The molecule has 158 valence electrons. The summed E-state index contributed by atoms with van der Waals surface area (Å²) in [7, 11) is 1.40. The van der Waals surface area contributed by atoms with Gasteiger partial charge in [0.15, 0.2) is 0 Å². The Hall–Kier alpha value is -3.33. The molecule has 31 heavy (non-hydrogen) atoms. The Bertz CT molecular complexity index is 1110. The molecule has 0 saturated heterocycles. The van der Waals surface area contributed by atoms with Gasteiger partial charge in [0.05, 0.1) is 36.7 Å². The summed E-state index contributed by atoms with van der Waals surface area (Å²) in [5.74, 6) is 0.557. The molecular weight excluding hydrogens is 390 g/mol. The zero-order chi connectivity index (χ0) is 21.5. The third-order valence-corrected chi connectivity index (χ3v) is 7.02. The molecule has 0 spiro atoms. The van der Waals surface area contributed by atoms with Crippen molar-refractivity contribution in [1.82, 2.24) is 0 Å². The topological polar surface area (TPSA) is 66.5 Å². The number of phenols is 1. The molecule has 2 aliphatic carbocycles. The third kappa shape index (κ3) is 3.25. The largest absolute Gasteiger partial charge is 0.519 e. The van der Waals surface area contributed by atoms with E-state index in [2.05, 4.69) is 9.85 Å². The van der Waals surface area contributed by atoms with Crippen molar-refractivity contribution in [2.45, 2.75) is 44.6 Å². The second-order valence-electron chi connectivity index (χ2n) is 8.66. The molecule has 1 N–H and O–H groups in total. The number of benzene rings is 2. The molecule has 0 aromatic heterocycles. The predicted molar refractivity (Wildman–Crippen MR) is 119 cm³/mol. The summed E-state index contributed by atoms with van der Waals surface area (Å²) in [6, 6.07) is 11.2. The van der Waals surface area contributed by atoms with Crippen LogP contribution >= 0.6 is 0 Å². The van der Waals surface area contributed by atoms with Crippen molar-refractivity contribution in [3.8, 4) is 5.75 Å². The van der Waals surface area contributed by atoms with Crippen molar-refractivity contribution in [3.63, 3.8) is 0 Å². The molecule has 6 heteroatoms. The highest BCUT2D eigenvalue weighted by molar-refractivity contribution is 6.07. The Morgan fingerprint density at radius 1 is 1.19 bits per heavy atom. The van der Waals surface area contributed by atoms with Gasteiger partial charge in [0.1, 0.15) is 5.75 Å². The van der Waals surface area contributed by atoms with Crippen molar-refractivity contribution < 1.29 is 14.6 Å². The van der Waals surface area contributed by atoms with Gasteiger partial charge in [-0.3, -0.25) is 5.01 Å². The lowest BCUT2D eigenvalue weighted by atomic mass is 9.75. The van der Waals surface area contributed by atoms with E-state index in [4.69, 9.17) is 16.4 Å². The number of ether oxygens (including phenoxy) is 1. The molecule has 1 saturated carbocycles. The molecule has 2 atom stereocenters. The number of phenolic OH excluding ortho intramolecular Hbond substituents is 1. The van der Waals surface area contributed by atoms with E-state index in [1.165, 1.54) is 32.8 Å². The number of anilines is 1. The first kappa shape index (κ1) is 19.6. The number of aryl methyl sites for hydroxylation is 1. The van der Waals surface area contributed by atoms with Crippen LogP contribution in [0.2, 0.25) is 0 Å². The fourth-order valence-electron chi connectivity index (χ4n) is 5.56. The molecule has 1 heterocycles. The van der Waals surface area contributed by atoms with Crippen LogP contribution in [0.15, 0.2) is 41.5 Å². The second-order valence-corrected chi connectivity index (χ2v) is 8.66. The normalized spacial score (nSPS) is 22.5. The first-order valence-corrected chi connectivity index (χ1v) is 10.9. The molecule has 0 amide bonds. The van der Waals surface area contributed by atoms with Crippen LogP contribution in [0.1, 0.15) is 53.6 Å². The SMILES string of the molecule is [C-]#[N+]c1ccc(N2N=C3c4ccc(C(=O)OC)cc4CCC3C2C2CCCC2)cc1O. The van der Waals surface area contributed by atoms with Crippen molar-refractivity contribution in [3.05, 3.63) is 64.5 Å². The number of hydrazone groups is 1. The molecule has 6 nitrogen and oxygen atoms in total. The van der Waals surface area contributed by atoms with Gasteiger partial charge in [-0.05, 0) is 61.4 Å². The first-order valence-electron chi connectivity index (χ1n) is 10.9. The number of rotatable bonds is 3. The minimum Gasteiger partial charge on any atom is -0.519 e. The summed E-state index contributed by atoms with van der Waals surface area (Å²) in [5, 5.41) is 17.5. The number of carbonyl (C=O) groups excluding carboxylic acids is 1. The zero-order valence-electron chi connectivity index (χ0n) is 17.5. The summed E-state index contributed by atoms with van der Waals surface area (Å²) in [6.07, 6.45) is 6.78. The van der Waals surface area contributed by atoms with Crippen LogP contribution in [0.5, 0.6) is 5.75 Å². The van der Waals surface area contributed by atoms with Gasteiger partial charge in [0.2, 0.25) is 5.69 Å². The molecule has 0 radical (unpaired) electrons. The summed E-state index contributed by atoms with van der Waals surface area (Å²) in [5.41, 5.74) is 4.97. The van der Waals surface area contributed by atoms with Crippen molar-refractivity contribution in [1.29, 1.82) is 0 Å². The number of fused-ring (bicyclic) bond motifs is 3. The number of carbonyl (C=O) groups is 1. The van der Waals surface area contributed by atoms with Crippen molar-refractivity contribution in [2.75, 3.05) is 12.1 Å². The Morgan fingerprint density at radius 3 is 2.71 bits per heavy atom. The molecule has 1 aliphatic heterocycles. The fraction of sp³-hybridized carbons (Fsp3) is 0.400. The van der Waals surface area contributed by atoms with E-state index >= 15 is 0 Å². The van der Waals surface area contributed by atoms with Crippen LogP contribution in [-0.4, -0.2) is 29.9 Å². The van der Waals surface area contributed by atoms with Gasteiger partial charge in [-0.2, -0.15) is 5.10 Å². The van der Waals surface area contributed by atoms with Gasteiger partial charge in [0.25, 0.3) is 0 Å². The first-order chi connectivity index (χ1) is 15.1. The second kappa shape index (κ2) is 7.73. The van der Waals surface area contributed by atoms with Gasteiger partial charge in [-0.1, -0.05) is 25.0 Å². The highest BCUT2D eigenvalue weighted by atomic mass is 16.5. The van der Waals surface area contributed by atoms with Gasteiger partial charge < -0.3 is 9.84 Å². The molecule has 3 aliphatic rings. The van der Waals surface area contributed by atoms with Crippen LogP contribution in [0.3, 0.4) is 0 Å². The minimum atomic E-state index is -0.320. The Morgan fingerprint density at radius 2 is 2.00 bits per heavy atom. The lowest BCUT2D eigenvalue weighted by molar-refractivity contribution is 0.0600. The van der Waals surface area contributed by atoms with E-state index in [-0.39, 0.29) is 23.4 Å². The lowest BCUT2D eigenvalue weighted by Gasteiger charge is -2.34. The zero-order valence-corrected chi connectivity index (χ0v) is 17.5. The maximum Gasteiger partial charge on any atom is 0.337 e. The highest BCUT2D eigenvalue weighted by Crippen LogP contribution is 2.45. The van der Waals surface area contributed by atoms with Crippen LogP contribution in [0, 0.1) is 18.4 Å². The van der Waals surface area contributed by atoms with Gasteiger partial charge in [-0.25, -0.2) is 9.64 Å². The van der Waals surface area contributed by atoms with Crippen molar-refractivity contribution >= 4 is 23.1 Å². The third-order valence-electron chi connectivity index (χ3n) is 7.02. The van der Waals surface area contributed by atoms with E-state index in [9.17, 15) is 9.90 Å². The summed E-state index contributed by atoms with van der Waals surface area (Å²) < 4.78 is 4.88. The van der Waals surface area contributed by atoms with Crippen LogP contribution in [-0.2, 0) is 11.2 Å². The quantitative estimate of drug-likeness (QED) is 0.561. The summed E-state index contributed by atoms with van der Waals surface area (Å²) >= 11 is 0. The van der Waals surface area contributed by atoms with Crippen LogP contribution in [0.4, 0.5) is 11.4 Å². The predicted octanol–water partition coefficient (Wildman–Crippen LogP) is 5.08. The number of hydrogen-bond donors (Lipinski definition) is 1. The minimum absolute atomic E-state index is 0.00383. The Labute approximate surface area is 182 Å². The molecule has 2 aromatic carbocycles. The fourth-order valence-corrected chi connectivity index (χ4v) is 5.56. The lowest BCUT2D eigenvalue weighted by Crippen LogP contribution is -2.40. The smallest absolute Gasteiger partial charge is 0.337 e. The standard InChI is InChI=1S/C25H25N3O3/c1-26-21-12-9-18(14-22(21)29)28-24(15-5-3-4-6-15)20-11-7-16-13-17(25(30)31-2)8-10-19(16)23(20)27-28/h8-10,12-15,20,24,29H,3-7,11H2,2H3. The molecular formula is C25H25N3O3. The van der Waals surface area contributed by atoms with E-state index < -0.39 is 0 Å². The average molecular weight is 415 g/mol. The van der Waals surface area contributed by atoms with Gasteiger partial charge in [0, 0.05) is 11.5 Å². The number of esters is 1. The van der Waals surface area contributed by atoms with Crippen LogP contribution in [0.25, 0.3) is 4.85 Å². The maximum atomic E-state index is 12.0. The van der Waals surface area contributed by atoms with Gasteiger partial charge >= 0.3 is 5.97 Å². The Kier molecular flexibility index (Phi) is 4.90. The summed E-state index contributed by atoms with van der Waals surface area (Å²) in [6.45, 7) is 7.21. The van der Waals surface area contributed by atoms with E-state index in [1.807, 2.05) is 24.3 Å². The van der Waals surface area contributed by atoms with E-state index in [0.29, 0.717) is 17.4 Å². The van der Waals surface area contributed by atoms with E-state index in [1.54, 1.807) is 12.1 Å².